The first-order valence-electron chi connectivity index (χ1n) is 7.62. The van der Waals surface area contributed by atoms with Crippen LogP contribution in [0.3, 0.4) is 0 Å². The summed E-state index contributed by atoms with van der Waals surface area (Å²) in [6, 6.07) is 2.15. The van der Waals surface area contributed by atoms with Crippen molar-refractivity contribution < 1.29 is 14.3 Å². The maximum Gasteiger partial charge on any atom is 0.309 e. The molecule has 7 heteroatoms. The standard InChI is InChI=1S/C15H23N3O3S/c1-2-4-16-14(19)15(20)17-10-13(12-3-9-22-11-12)18-5-7-21-8-6-18/h3,9,11,13H,2,4-8,10H2,1H3,(H,16,19)(H,17,20). The van der Waals surface area contributed by atoms with Crippen LogP contribution in [0.25, 0.3) is 0 Å². The molecule has 1 atom stereocenters. The lowest BCUT2D eigenvalue weighted by Crippen LogP contribution is -2.46. The van der Waals surface area contributed by atoms with Crippen LogP contribution in [0.1, 0.15) is 24.9 Å². The van der Waals surface area contributed by atoms with Gasteiger partial charge in [-0.2, -0.15) is 11.3 Å². The number of carbonyl (C=O) groups excluding carboxylic acids is 2. The van der Waals surface area contributed by atoms with Gasteiger partial charge in [0.1, 0.15) is 0 Å². The molecule has 0 aromatic carbocycles. The van der Waals surface area contributed by atoms with E-state index in [4.69, 9.17) is 4.74 Å². The number of carbonyl (C=O) groups is 2. The predicted octanol–water partition coefficient (Wildman–Crippen LogP) is 0.764. The molecule has 1 fully saturated rings. The first-order valence-corrected chi connectivity index (χ1v) is 8.56. The molecule has 2 N–H and O–H groups in total. The molecule has 6 nitrogen and oxygen atoms in total. The summed E-state index contributed by atoms with van der Waals surface area (Å²) in [6.07, 6.45) is 0.810. The van der Waals surface area contributed by atoms with Gasteiger partial charge in [-0.3, -0.25) is 14.5 Å². The highest BCUT2D eigenvalue weighted by molar-refractivity contribution is 7.07. The van der Waals surface area contributed by atoms with Crippen molar-refractivity contribution in [3.05, 3.63) is 22.4 Å². The molecular formula is C15H23N3O3S. The number of ether oxygens (including phenoxy) is 1. The maximum atomic E-state index is 11.8. The summed E-state index contributed by atoms with van der Waals surface area (Å²) in [6.45, 7) is 5.95. The molecule has 1 aliphatic heterocycles. The highest BCUT2D eigenvalue weighted by Gasteiger charge is 2.24. The Kier molecular flexibility index (Phi) is 6.82. The summed E-state index contributed by atoms with van der Waals surface area (Å²) in [5, 5.41) is 9.45. The van der Waals surface area contributed by atoms with E-state index in [0.717, 1.165) is 19.5 Å². The molecule has 22 heavy (non-hydrogen) atoms. The van der Waals surface area contributed by atoms with E-state index < -0.39 is 11.8 Å². The largest absolute Gasteiger partial charge is 0.379 e. The van der Waals surface area contributed by atoms with Gasteiger partial charge in [0.15, 0.2) is 0 Å². The molecule has 1 aliphatic rings. The van der Waals surface area contributed by atoms with Crippen molar-refractivity contribution in [3.63, 3.8) is 0 Å². The minimum Gasteiger partial charge on any atom is -0.379 e. The van der Waals surface area contributed by atoms with Crippen LogP contribution < -0.4 is 10.6 Å². The van der Waals surface area contributed by atoms with Crippen LogP contribution in [-0.4, -0.2) is 56.1 Å². The van der Waals surface area contributed by atoms with Gasteiger partial charge in [-0.1, -0.05) is 6.92 Å². The number of hydrogen-bond acceptors (Lipinski definition) is 5. The van der Waals surface area contributed by atoms with E-state index in [9.17, 15) is 9.59 Å². The summed E-state index contributed by atoms with van der Waals surface area (Å²) < 4.78 is 5.38. The monoisotopic (exact) mass is 325 g/mol. The summed E-state index contributed by atoms with van der Waals surface area (Å²) >= 11 is 1.63. The lowest BCUT2D eigenvalue weighted by molar-refractivity contribution is -0.139. The highest BCUT2D eigenvalue weighted by atomic mass is 32.1. The van der Waals surface area contributed by atoms with Gasteiger partial charge < -0.3 is 15.4 Å². The molecule has 1 aromatic heterocycles. The van der Waals surface area contributed by atoms with E-state index in [1.165, 1.54) is 5.56 Å². The Morgan fingerprint density at radius 1 is 1.32 bits per heavy atom. The maximum absolute atomic E-state index is 11.8. The minimum atomic E-state index is -0.568. The Morgan fingerprint density at radius 2 is 2.05 bits per heavy atom. The van der Waals surface area contributed by atoms with Gasteiger partial charge >= 0.3 is 11.8 Å². The molecular weight excluding hydrogens is 302 g/mol. The zero-order chi connectivity index (χ0) is 15.8. The molecule has 2 amide bonds. The number of rotatable bonds is 6. The van der Waals surface area contributed by atoms with Crippen molar-refractivity contribution in [1.29, 1.82) is 0 Å². The molecule has 1 aromatic rings. The van der Waals surface area contributed by atoms with Gasteiger partial charge in [-0.25, -0.2) is 0 Å². The third-order valence-corrected chi connectivity index (χ3v) is 4.31. The van der Waals surface area contributed by atoms with Gasteiger partial charge in [0.2, 0.25) is 0 Å². The zero-order valence-corrected chi connectivity index (χ0v) is 13.7. The first kappa shape index (κ1) is 16.9. The normalized spacial score (nSPS) is 17.0. The second kappa shape index (κ2) is 8.87. The van der Waals surface area contributed by atoms with Crippen molar-refractivity contribution in [2.45, 2.75) is 19.4 Å². The van der Waals surface area contributed by atoms with Crippen molar-refractivity contribution in [1.82, 2.24) is 15.5 Å². The fraction of sp³-hybridized carbons (Fsp3) is 0.600. The average molecular weight is 325 g/mol. The molecule has 0 radical (unpaired) electrons. The van der Waals surface area contributed by atoms with Gasteiger partial charge in [-0.05, 0) is 28.8 Å². The van der Waals surface area contributed by atoms with Crippen LogP contribution in [-0.2, 0) is 14.3 Å². The number of morpholine rings is 1. The quantitative estimate of drug-likeness (QED) is 0.758. The molecule has 1 unspecified atom stereocenters. The number of nitrogens with one attached hydrogen (secondary N) is 2. The third-order valence-electron chi connectivity index (χ3n) is 3.61. The second-order valence-corrected chi connectivity index (χ2v) is 5.97. The van der Waals surface area contributed by atoms with Crippen LogP contribution in [0, 0.1) is 0 Å². The molecule has 122 valence electrons. The van der Waals surface area contributed by atoms with E-state index >= 15 is 0 Å². The summed E-state index contributed by atoms with van der Waals surface area (Å²) in [7, 11) is 0. The Hall–Kier alpha value is -1.44. The van der Waals surface area contributed by atoms with E-state index in [0.29, 0.717) is 26.3 Å². The van der Waals surface area contributed by atoms with E-state index in [2.05, 4.69) is 27.0 Å². The fourth-order valence-corrected chi connectivity index (χ4v) is 3.11. The smallest absolute Gasteiger partial charge is 0.309 e. The van der Waals surface area contributed by atoms with Crippen molar-refractivity contribution in [2.24, 2.45) is 0 Å². The first-order chi connectivity index (χ1) is 10.7. The molecule has 0 spiro atoms. The molecule has 0 saturated carbocycles. The molecule has 2 rings (SSSR count). The van der Waals surface area contributed by atoms with E-state index in [-0.39, 0.29) is 6.04 Å². The van der Waals surface area contributed by atoms with Crippen molar-refractivity contribution in [2.75, 3.05) is 39.4 Å². The number of amides is 2. The van der Waals surface area contributed by atoms with Crippen LogP contribution in [0.15, 0.2) is 16.8 Å². The Balaban J connectivity index is 1.92. The number of hydrogen-bond donors (Lipinski definition) is 2. The molecule has 0 aliphatic carbocycles. The fourth-order valence-electron chi connectivity index (χ4n) is 2.40. The topological polar surface area (TPSA) is 70.7 Å². The molecule has 1 saturated heterocycles. The Bertz CT molecular complexity index is 472. The van der Waals surface area contributed by atoms with Crippen LogP contribution in [0.5, 0.6) is 0 Å². The van der Waals surface area contributed by atoms with E-state index in [1.54, 1.807) is 11.3 Å². The van der Waals surface area contributed by atoms with Crippen LogP contribution in [0.4, 0.5) is 0 Å². The summed E-state index contributed by atoms with van der Waals surface area (Å²) in [5.74, 6) is -1.13. The summed E-state index contributed by atoms with van der Waals surface area (Å²) in [4.78, 5) is 25.8. The van der Waals surface area contributed by atoms with Gasteiger partial charge in [0.05, 0.1) is 19.3 Å². The molecule has 0 bridgehead atoms. The van der Waals surface area contributed by atoms with Gasteiger partial charge in [-0.15, -0.1) is 0 Å². The summed E-state index contributed by atoms with van der Waals surface area (Å²) in [5.41, 5.74) is 1.17. The lowest BCUT2D eigenvalue weighted by Gasteiger charge is -2.34. The van der Waals surface area contributed by atoms with Gasteiger partial charge in [0.25, 0.3) is 0 Å². The van der Waals surface area contributed by atoms with Crippen molar-refractivity contribution in [3.8, 4) is 0 Å². The second-order valence-electron chi connectivity index (χ2n) is 5.19. The minimum absolute atomic E-state index is 0.0816. The lowest BCUT2D eigenvalue weighted by atomic mass is 10.1. The highest BCUT2D eigenvalue weighted by Crippen LogP contribution is 2.23. The average Bonchev–Trinajstić information content (AvgIpc) is 3.08. The van der Waals surface area contributed by atoms with Crippen molar-refractivity contribution >= 4 is 23.2 Å². The Morgan fingerprint density at radius 3 is 2.68 bits per heavy atom. The van der Waals surface area contributed by atoms with Gasteiger partial charge in [0, 0.05) is 26.2 Å². The third kappa shape index (κ3) is 4.79. The van der Waals surface area contributed by atoms with E-state index in [1.807, 2.05) is 12.3 Å². The SMILES string of the molecule is CCCNC(=O)C(=O)NCC(c1ccsc1)N1CCOCC1. The molecule has 2 heterocycles. The van der Waals surface area contributed by atoms with Crippen LogP contribution in [0.2, 0.25) is 0 Å². The zero-order valence-electron chi connectivity index (χ0n) is 12.8. The Labute approximate surface area is 134 Å². The number of thiophene rings is 1. The number of nitrogens with zero attached hydrogens (tertiary/aromatic N) is 1. The predicted molar refractivity (Wildman–Crippen MR) is 85.8 cm³/mol. The van der Waals surface area contributed by atoms with Crippen LogP contribution >= 0.6 is 11.3 Å².